The fourth-order valence-electron chi connectivity index (χ4n) is 3.54. The average molecular weight is 298 g/mol. The lowest BCUT2D eigenvalue weighted by Gasteiger charge is -2.35. The summed E-state index contributed by atoms with van der Waals surface area (Å²) in [4.78, 5) is 14.8. The molecular weight excluding hydrogens is 272 g/mol. The maximum Gasteiger partial charge on any atom is 0.223 e. The monoisotopic (exact) mass is 298 g/mol. The molecule has 118 valence electrons. The van der Waals surface area contributed by atoms with E-state index in [0.29, 0.717) is 6.04 Å². The van der Waals surface area contributed by atoms with E-state index in [2.05, 4.69) is 52.7 Å². The Balaban J connectivity index is 1.64. The third-order valence-electron chi connectivity index (χ3n) is 4.86. The second-order valence-corrected chi connectivity index (χ2v) is 6.41. The Labute approximate surface area is 133 Å². The summed E-state index contributed by atoms with van der Waals surface area (Å²) >= 11 is 0. The van der Waals surface area contributed by atoms with Crippen LogP contribution in [0.15, 0.2) is 42.5 Å². The molecule has 1 heterocycles. The highest BCUT2D eigenvalue weighted by atomic mass is 16.1. The number of carbonyl (C=O) groups is 1. The number of amides is 1. The van der Waals surface area contributed by atoms with E-state index < -0.39 is 0 Å². The van der Waals surface area contributed by atoms with Gasteiger partial charge in [0.15, 0.2) is 0 Å². The summed E-state index contributed by atoms with van der Waals surface area (Å²) in [5, 5.41) is 3.20. The summed E-state index contributed by atoms with van der Waals surface area (Å²) in [6.45, 7) is 3.00. The molecule has 0 bridgehead atoms. The molecule has 1 saturated heterocycles. The third-order valence-corrected chi connectivity index (χ3v) is 4.86. The minimum Gasteiger partial charge on any atom is -0.354 e. The number of benzene rings is 1. The van der Waals surface area contributed by atoms with E-state index in [1.807, 2.05) is 0 Å². The third kappa shape index (κ3) is 3.77. The van der Waals surface area contributed by atoms with Crippen LogP contribution in [0.1, 0.15) is 43.7 Å². The Hall–Kier alpha value is -1.61. The molecule has 1 aromatic carbocycles. The molecule has 0 saturated carbocycles. The van der Waals surface area contributed by atoms with E-state index in [-0.39, 0.29) is 11.8 Å². The van der Waals surface area contributed by atoms with Crippen molar-refractivity contribution in [3.8, 4) is 0 Å². The summed E-state index contributed by atoms with van der Waals surface area (Å²) < 4.78 is 0. The molecule has 3 heteroatoms. The van der Waals surface area contributed by atoms with Crippen LogP contribution < -0.4 is 5.32 Å². The summed E-state index contributed by atoms with van der Waals surface area (Å²) in [6.07, 6.45) is 9.88. The number of nitrogens with zero attached hydrogens (tertiary/aromatic N) is 1. The number of rotatable bonds is 5. The second-order valence-electron chi connectivity index (χ2n) is 6.41. The minimum absolute atomic E-state index is 0.151. The van der Waals surface area contributed by atoms with Crippen LogP contribution in [0.5, 0.6) is 0 Å². The number of likely N-dealkylation sites (tertiary alicyclic amines) is 1. The molecule has 3 nitrogen and oxygen atoms in total. The maximum absolute atomic E-state index is 12.3. The maximum atomic E-state index is 12.3. The minimum atomic E-state index is 0.151. The summed E-state index contributed by atoms with van der Waals surface area (Å²) in [6, 6.07) is 10.9. The van der Waals surface area contributed by atoms with Gasteiger partial charge in [0, 0.05) is 12.5 Å². The number of carbonyl (C=O) groups excluding carboxylic acids is 1. The Bertz CT molecular complexity index is 497. The fraction of sp³-hybridized carbons (Fsp3) is 0.526. The van der Waals surface area contributed by atoms with Crippen molar-refractivity contribution in [1.82, 2.24) is 10.2 Å². The zero-order valence-electron chi connectivity index (χ0n) is 13.2. The lowest BCUT2D eigenvalue weighted by Crippen LogP contribution is -2.41. The first-order valence-electron chi connectivity index (χ1n) is 8.56. The molecule has 0 radical (unpaired) electrons. The summed E-state index contributed by atoms with van der Waals surface area (Å²) in [7, 11) is 0. The normalized spacial score (nSPS) is 20.9. The van der Waals surface area contributed by atoms with E-state index >= 15 is 0 Å². The van der Waals surface area contributed by atoms with Gasteiger partial charge in [-0.2, -0.15) is 0 Å². The highest BCUT2D eigenvalue weighted by Crippen LogP contribution is 2.24. The predicted molar refractivity (Wildman–Crippen MR) is 89.5 cm³/mol. The lowest BCUT2D eigenvalue weighted by atomic mass is 10.0. The molecule has 1 aliphatic heterocycles. The van der Waals surface area contributed by atoms with Crippen LogP contribution in [0.3, 0.4) is 0 Å². The molecule has 1 unspecified atom stereocenters. The second kappa shape index (κ2) is 7.59. The number of hydrogen-bond acceptors (Lipinski definition) is 2. The van der Waals surface area contributed by atoms with Gasteiger partial charge in [0.1, 0.15) is 0 Å². The van der Waals surface area contributed by atoms with Gasteiger partial charge in [-0.25, -0.2) is 0 Å². The molecular formula is C19H26N2O. The summed E-state index contributed by atoms with van der Waals surface area (Å²) in [5.41, 5.74) is 1.31. The van der Waals surface area contributed by atoms with Gasteiger partial charge < -0.3 is 5.32 Å². The molecule has 0 aromatic heterocycles. The Morgan fingerprint density at radius 2 is 1.77 bits per heavy atom. The highest BCUT2D eigenvalue weighted by Gasteiger charge is 2.24. The van der Waals surface area contributed by atoms with E-state index in [9.17, 15) is 4.79 Å². The van der Waals surface area contributed by atoms with Crippen LogP contribution in [-0.4, -0.2) is 30.4 Å². The molecule has 3 rings (SSSR count). The fourth-order valence-corrected chi connectivity index (χ4v) is 3.54. The van der Waals surface area contributed by atoms with E-state index in [0.717, 1.165) is 32.5 Å². The Morgan fingerprint density at radius 3 is 2.45 bits per heavy atom. The smallest absolute Gasteiger partial charge is 0.223 e. The standard InChI is InChI=1S/C19H26N2O/c22-19(17-11-5-6-12-17)20-15-18(16-9-3-1-4-10-16)21-13-7-2-8-14-21/h1,3-6,9-10,17-18H,2,7-8,11-15H2,(H,20,22). The van der Waals surface area contributed by atoms with Crippen molar-refractivity contribution in [2.45, 2.75) is 38.1 Å². The van der Waals surface area contributed by atoms with Gasteiger partial charge in [0.2, 0.25) is 5.91 Å². The van der Waals surface area contributed by atoms with E-state index in [1.165, 1.54) is 24.8 Å². The van der Waals surface area contributed by atoms with Crippen LogP contribution in [0.4, 0.5) is 0 Å². The van der Waals surface area contributed by atoms with Gasteiger partial charge in [-0.1, -0.05) is 48.9 Å². The topological polar surface area (TPSA) is 32.3 Å². The lowest BCUT2D eigenvalue weighted by molar-refractivity contribution is -0.124. The van der Waals surface area contributed by atoms with Crippen LogP contribution in [0.25, 0.3) is 0 Å². The van der Waals surface area contributed by atoms with Crippen molar-refractivity contribution in [3.05, 3.63) is 48.0 Å². The zero-order chi connectivity index (χ0) is 15.2. The predicted octanol–water partition coefficient (Wildman–Crippen LogP) is 3.30. The molecule has 2 aliphatic rings. The first kappa shape index (κ1) is 15.3. The van der Waals surface area contributed by atoms with Gasteiger partial charge in [0.05, 0.1) is 6.04 Å². The molecule has 1 fully saturated rings. The van der Waals surface area contributed by atoms with Gasteiger partial charge >= 0.3 is 0 Å². The highest BCUT2D eigenvalue weighted by molar-refractivity contribution is 5.79. The van der Waals surface area contributed by atoms with Crippen LogP contribution in [0, 0.1) is 5.92 Å². The molecule has 1 amide bonds. The molecule has 1 N–H and O–H groups in total. The molecule has 1 atom stereocenters. The molecule has 1 aromatic rings. The average Bonchev–Trinajstić information content (AvgIpc) is 3.11. The number of hydrogen-bond donors (Lipinski definition) is 1. The largest absolute Gasteiger partial charge is 0.354 e. The van der Waals surface area contributed by atoms with Crippen molar-refractivity contribution in [3.63, 3.8) is 0 Å². The number of allylic oxidation sites excluding steroid dienone is 2. The van der Waals surface area contributed by atoms with Crippen molar-refractivity contribution in [2.24, 2.45) is 5.92 Å². The van der Waals surface area contributed by atoms with Crippen molar-refractivity contribution >= 4 is 5.91 Å². The van der Waals surface area contributed by atoms with Crippen molar-refractivity contribution < 1.29 is 4.79 Å². The first-order valence-corrected chi connectivity index (χ1v) is 8.56. The molecule has 1 aliphatic carbocycles. The van der Waals surface area contributed by atoms with Gasteiger partial charge in [-0.05, 0) is 44.3 Å². The Morgan fingerprint density at radius 1 is 1.09 bits per heavy atom. The van der Waals surface area contributed by atoms with Crippen molar-refractivity contribution in [1.29, 1.82) is 0 Å². The van der Waals surface area contributed by atoms with E-state index in [1.54, 1.807) is 0 Å². The van der Waals surface area contributed by atoms with E-state index in [4.69, 9.17) is 0 Å². The SMILES string of the molecule is O=C(NCC(c1ccccc1)N1CCCCC1)C1CC=CC1. The molecule has 0 spiro atoms. The molecule has 22 heavy (non-hydrogen) atoms. The van der Waals surface area contributed by atoms with Gasteiger partial charge in [-0.3, -0.25) is 9.69 Å². The summed E-state index contributed by atoms with van der Waals surface area (Å²) in [5.74, 6) is 0.362. The van der Waals surface area contributed by atoms with Crippen molar-refractivity contribution in [2.75, 3.05) is 19.6 Å². The van der Waals surface area contributed by atoms with Gasteiger partial charge in [0.25, 0.3) is 0 Å². The van der Waals surface area contributed by atoms with Gasteiger partial charge in [-0.15, -0.1) is 0 Å². The number of piperidine rings is 1. The zero-order valence-corrected chi connectivity index (χ0v) is 13.2. The first-order chi connectivity index (χ1) is 10.8. The Kier molecular flexibility index (Phi) is 5.28. The number of nitrogens with one attached hydrogen (secondary N) is 1. The van der Waals surface area contributed by atoms with Crippen LogP contribution >= 0.6 is 0 Å². The van der Waals surface area contributed by atoms with Crippen LogP contribution in [-0.2, 0) is 4.79 Å². The quantitative estimate of drug-likeness (QED) is 0.846. The van der Waals surface area contributed by atoms with Crippen LogP contribution in [0.2, 0.25) is 0 Å².